The number of aromatic nitrogens is 3. The van der Waals surface area contributed by atoms with Crippen molar-refractivity contribution in [3.05, 3.63) is 12.4 Å². The molecule has 1 aromatic heterocycles. The fraction of sp³-hybridized carbons (Fsp3) is 0.636. The van der Waals surface area contributed by atoms with Gasteiger partial charge in [0.15, 0.2) is 0 Å². The molecule has 0 spiro atoms. The summed E-state index contributed by atoms with van der Waals surface area (Å²) in [5.41, 5.74) is 0. The lowest BCUT2D eigenvalue weighted by atomic mass is 10.1. The van der Waals surface area contributed by atoms with E-state index in [4.69, 9.17) is 0 Å². The Hall–Kier alpha value is -2.12. The van der Waals surface area contributed by atoms with Crippen LogP contribution in [0.4, 0.5) is 9.59 Å². The smallest absolute Gasteiger partial charge is 0.325 e. The molecule has 0 saturated carbocycles. The van der Waals surface area contributed by atoms with Crippen LogP contribution in [0.2, 0.25) is 0 Å². The summed E-state index contributed by atoms with van der Waals surface area (Å²) in [6.45, 7) is 5.37. The Morgan fingerprint density at radius 1 is 1.47 bits per heavy atom. The highest BCUT2D eigenvalue weighted by atomic mass is 16.2. The molecule has 8 nitrogen and oxygen atoms in total. The van der Waals surface area contributed by atoms with Gasteiger partial charge in [-0.2, -0.15) is 15.0 Å². The molecule has 8 heteroatoms. The molecule has 2 heterocycles. The molecular formula is C11H18N6O2. The molecule has 1 atom stereocenters. The highest BCUT2D eigenvalue weighted by Crippen LogP contribution is 2.06. The fourth-order valence-electron chi connectivity index (χ4n) is 1.84. The van der Waals surface area contributed by atoms with E-state index >= 15 is 0 Å². The van der Waals surface area contributed by atoms with Gasteiger partial charge in [0, 0.05) is 13.1 Å². The van der Waals surface area contributed by atoms with Crippen molar-refractivity contribution in [3.8, 4) is 0 Å². The Bertz CT molecular complexity index is 444. The van der Waals surface area contributed by atoms with E-state index in [1.54, 1.807) is 12.4 Å². The molecule has 1 aliphatic rings. The number of nitrogens with one attached hydrogen (secondary N) is 2. The van der Waals surface area contributed by atoms with Crippen molar-refractivity contribution in [3.63, 3.8) is 0 Å². The van der Waals surface area contributed by atoms with Crippen LogP contribution in [0.5, 0.6) is 0 Å². The lowest BCUT2D eigenvalue weighted by Gasteiger charge is -2.24. The highest BCUT2D eigenvalue weighted by molar-refractivity contribution is 5.95. The van der Waals surface area contributed by atoms with Crippen molar-refractivity contribution in [2.75, 3.05) is 13.1 Å². The van der Waals surface area contributed by atoms with Gasteiger partial charge in [-0.25, -0.2) is 14.5 Å². The average molecular weight is 266 g/mol. The van der Waals surface area contributed by atoms with Crippen LogP contribution in [0.3, 0.4) is 0 Å². The molecule has 0 bridgehead atoms. The fourth-order valence-corrected chi connectivity index (χ4v) is 1.84. The molecule has 1 aromatic rings. The van der Waals surface area contributed by atoms with E-state index in [1.165, 1.54) is 9.70 Å². The largest absolute Gasteiger partial charge is 0.336 e. The second-order valence-corrected chi connectivity index (χ2v) is 4.77. The van der Waals surface area contributed by atoms with Crippen LogP contribution in [0.1, 0.15) is 13.8 Å². The molecule has 1 saturated heterocycles. The second kappa shape index (κ2) is 5.68. The third-order valence-electron chi connectivity index (χ3n) is 3.04. The van der Waals surface area contributed by atoms with Gasteiger partial charge in [-0.15, -0.1) is 0 Å². The van der Waals surface area contributed by atoms with E-state index in [-0.39, 0.29) is 24.0 Å². The monoisotopic (exact) mass is 266 g/mol. The quantitative estimate of drug-likeness (QED) is 0.804. The Morgan fingerprint density at radius 3 is 2.68 bits per heavy atom. The molecule has 0 aliphatic carbocycles. The van der Waals surface area contributed by atoms with E-state index < -0.39 is 0 Å². The molecule has 2 rings (SSSR count). The first-order chi connectivity index (χ1) is 9.08. The molecule has 0 unspecified atom stereocenters. The molecule has 0 radical (unpaired) electrons. The van der Waals surface area contributed by atoms with Crippen molar-refractivity contribution in [2.45, 2.75) is 26.4 Å². The van der Waals surface area contributed by atoms with E-state index in [2.05, 4.69) is 20.8 Å². The molecule has 19 heavy (non-hydrogen) atoms. The summed E-state index contributed by atoms with van der Waals surface area (Å²) >= 11 is 0. The summed E-state index contributed by atoms with van der Waals surface area (Å²) in [6, 6.07) is -0.855. The van der Waals surface area contributed by atoms with Crippen molar-refractivity contribution in [2.24, 2.45) is 5.92 Å². The second-order valence-electron chi connectivity index (χ2n) is 4.77. The normalized spacial score (nSPS) is 16.6. The Labute approximate surface area is 111 Å². The van der Waals surface area contributed by atoms with Crippen molar-refractivity contribution < 1.29 is 9.59 Å². The highest BCUT2D eigenvalue weighted by Gasteiger charge is 2.28. The van der Waals surface area contributed by atoms with Crippen LogP contribution in [0.25, 0.3) is 0 Å². The lowest BCUT2D eigenvalue weighted by molar-refractivity contribution is 0.190. The number of urea groups is 2. The summed E-state index contributed by atoms with van der Waals surface area (Å²) in [7, 11) is 0. The van der Waals surface area contributed by atoms with E-state index in [9.17, 15) is 9.59 Å². The lowest BCUT2D eigenvalue weighted by Crippen LogP contribution is -2.49. The minimum Gasteiger partial charge on any atom is -0.336 e. The first kappa shape index (κ1) is 13.3. The predicted octanol–water partition coefficient (Wildman–Crippen LogP) is 0.0375. The topological polar surface area (TPSA) is 92.2 Å². The molecular weight excluding hydrogens is 248 g/mol. The van der Waals surface area contributed by atoms with Crippen LogP contribution >= 0.6 is 0 Å². The number of hydrogen-bond acceptors (Lipinski definition) is 4. The predicted molar refractivity (Wildman–Crippen MR) is 67.3 cm³/mol. The number of carbonyl (C=O) groups excluding carboxylic acids is 2. The van der Waals surface area contributed by atoms with Gasteiger partial charge in [0.2, 0.25) is 0 Å². The number of amides is 4. The number of hydrogen-bond donors (Lipinski definition) is 2. The van der Waals surface area contributed by atoms with E-state index in [1.807, 2.05) is 13.8 Å². The van der Waals surface area contributed by atoms with Crippen molar-refractivity contribution >= 4 is 12.1 Å². The maximum Gasteiger partial charge on any atom is 0.325 e. The minimum atomic E-state index is -0.374. The average Bonchev–Trinajstić information content (AvgIpc) is 2.99. The zero-order chi connectivity index (χ0) is 13.8. The molecule has 1 fully saturated rings. The molecule has 2 N–H and O–H groups in total. The van der Waals surface area contributed by atoms with Crippen molar-refractivity contribution in [1.82, 2.24) is 30.5 Å². The zero-order valence-electron chi connectivity index (χ0n) is 11.0. The maximum atomic E-state index is 12.0. The van der Waals surface area contributed by atoms with Crippen LogP contribution in [-0.2, 0) is 6.54 Å². The standard InChI is InChI=1S/C11H18N6O2/c1-8(2)9(7-17-13-3-4-14-17)15-11(19)16-6-5-12-10(16)18/h3-4,8-9H,5-7H2,1-2H3,(H,12,18)(H,15,19)/t9-/m1/s1. The number of rotatable bonds is 4. The molecule has 104 valence electrons. The summed E-state index contributed by atoms with van der Waals surface area (Å²) in [5, 5.41) is 13.5. The summed E-state index contributed by atoms with van der Waals surface area (Å²) in [4.78, 5) is 26.1. The third kappa shape index (κ3) is 3.21. The summed E-state index contributed by atoms with van der Waals surface area (Å²) in [6.07, 6.45) is 3.18. The molecule has 4 amide bonds. The van der Waals surface area contributed by atoms with Crippen LogP contribution in [0, 0.1) is 5.92 Å². The van der Waals surface area contributed by atoms with Gasteiger partial charge in [-0.05, 0) is 5.92 Å². The first-order valence-corrected chi connectivity index (χ1v) is 6.28. The van der Waals surface area contributed by atoms with Gasteiger partial charge in [-0.1, -0.05) is 13.8 Å². The SMILES string of the molecule is CC(C)[C@@H](Cn1nccn1)NC(=O)N1CCNC1=O. The van der Waals surface area contributed by atoms with Crippen LogP contribution in [-0.4, -0.2) is 51.1 Å². The first-order valence-electron chi connectivity index (χ1n) is 6.28. The third-order valence-corrected chi connectivity index (χ3v) is 3.04. The van der Waals surface area contributed by atoms with Gasteiger partial charge in [0.05, 0.1) is 25.0 Å². The van der Waals surface area contributed by atoms with Crippen LogP contribution in [0.15, 0.2) is 12.4 Å². The molecule has 1 aliphatic heterocycles. The van der Waals surface area contributed by atoms with E-state index in [0.29, 0.717) is 19.6 Å². The Morgan fingerprint density at radius 2 is 2.16 bits per heavy atom. The van der Waals surface area contributed by atoms with E-state index in [0.717, 1.165) is 0 Å². The van der Waals surface area contributed by atoms with Crippen LogP contribution < -0.4 is 10.6 Å². The maximum absolute atomic E-state index is 12.0. The zero-order valence-corrected chi connectivity index (χ0v) is 11.0. The van der Waals surface area contributed by atoms with Crippen molar-refractivity contribution in [1.29, 1.82) is 0 Å². The van der Waals surface area contributed by atoms with Gasteiger partial charge in [0.25, 0.3) is 0 Å². The van der Waals surface area contributed by atoms with Gasteiger partial charge < -0.3 is 10.6 Å². The number of nitrogens with zero attached hydrogens (tertiary/aromatic N) is 4. The summed E-state index contributed by atoms with van der Waals surface area (Å²) < 4.78 is 0. The Kier molecular flexibility index (Phi) is 3.98. The van der Waals surface area contributed by atoms with Gasteiger partial charge in [0.1, 0.15) is 0 Å². The number of carbonyl (C=O) groups is 2. The number of imide groups is 1. The molecule has 0 aromatic carbocycles. The van der Waals surface area contributed by atoms with Gasteiger partial charge >= 0.3 is 12.1 Å². The van der Waals surface area contributed by atoms with Gasteiger partial charge in [-0.3, -0.25) is 0 Å². The Balaban J connectivity index is 1.96. The minimum absolute atomic E-state index is 0.131. The summed E-state index contributed by atoms with van der Waals surface area (Å²) in [5.74, 6) is 0.209.